The third kappa shape index (κ3) is 7.87. The number of nitrogens with one attached hydrogen (secondary N) is 2. The maximum Gasteiger partial charge on any atom is 0.251 e. The van der Waals surface area contributed by atoms with E-state index in [9.17, 15) is 14.4 Å². The minimum Gasteiger partial charge on any atom is -0.350 e. The fraction of sp³-hybridized carbons (Fsp3) is 0.609. The summed E-state index contributed by atoms with van der Waals surface area (Å²) >= 11 is 0. The molecule has 0 aliphatic rings. The van der Waals surface area contributed by atoms with Crippen LogP contribution in [0.2, 0.25) is 0 Å². The zero-order valence-electron chi connectivity index (χ0n) is 19.3. The molecule has 0 aromatic heterocycles. The minimum atomic E-state index is -0.711. The van der Waals surface area contributed by atoms with Crippen molar-refractivity contribution in [3.63, 3.8) is 0 Å². The van der Waals surface area contributed by atoms with Crippen LogP contribution < -0.4 is 10.6 Å². The van der Waals surface area contributed by atoms with Gasteiger partial charge in [-0.05, 0) is 49.8 Å². The van der Waals surface area contributed by atoms with E-state index in [0.29, 0.717) is 5.56 Å². The highest BCUT2D eigenvalue weighted by atomic mass is 16.2. The fourth-order valence-corrected chi connectivity index (χ4v) is 2.85. The van der Waals surface area contributed by atoms with Crippen molar-refractivity contribution in [2.45, 2.75) is 72.4 Å². The van der Waals surface area contributed by atoms with Gasteiger partial charge in [0.1, 0.15) is 6.04 Å². The molecule has 0 heterocycles. The van der Waals surface area contributed by atoms with Crippen molar-refractivity contribution in [2.75, 3.05) is 13.6 Å². The van der Waals surface area contributed by atoms with E-state index in [2.05, 4.69) is 31.4 Å². The summed E-state index contributed by atoms with van der Waals surface area (Å²) < 4.78 is 0. The van der Waals surface area contributed by atoms with Crippen LogP contribution in [-0.2, 0) is 15.0 Å². The Morgan fingerprint density at radius 1 is 0.966 bits per heavy atom. The molecular formula is C23H37N3O3. The van der Waals surface area contributed by atoms with Crippen LogP contribution in [0.4, 0.5) is 0 Å². The number of hydrogen-bond donors (Lipinski definition) is 2. The molecule has 0 spiro atoms. The monoisotopic (exact) mass is 403 g/mol. The number of carbonyl (C=O) groups is 3. The average molecular weight is 404 g/mol. The summed E-state index contributed by atoms with van der Waals surface area (Å²) in [5.41, 5.74) is 1.27. The maximum absolute atomic E-state index is 12.9. The number of carbonyl (C=O) groups excluding carboxylic acids is 3. The largest absolute Gasteiger partial charge is 0.350 e. The van der Waals surface area contributed by atoms with E-state index < -0.39 is 6.04 Å². The Kier molecular flexibility index (Phi) is 8.01. The van der Waals surface area contributed by atoms with Gasteiger partial charge in [-0.2, -0.15) is 0 Å². The molecule has 1 rings (SSSR count). The van der Waals surface area contributed by atoms with Crippen LogP contribution in [0.5, 0.6) is 0 Å². The van der Waals surface area contributed by atoms with E-state index in [1.807, 2.05) is 46.8 Å². The second-order valence-electron chi connectivity index (χ2n) is 10.0. The van der Waals surface area contributed by atoms with Gasteiger partial charge in [0.2, 0.25) is 11.8 Å². The van der Waals surface area contributed by atoms with Crippen LogP contribution in [0.25, 0.3) is 0 Å². The molecule has 6 nitrogen and oxygen atoms in total. The van der Waals surface area contributed by atoms with E-state index in [4.69, 9.17) is 0 Å². The van der Waals surface area contributed by atoms with Crippen molar-refractivity contribution in [1.82, 2.24) is 15.5 Å². The minimum absolute atomic E-state index is 0.00177. The second kappa shape index (κ2) is 9.42. The Hall–Kier alpha value is -2.37. The molecule has 162 valence electrons. The number of amides is 3. The Morgan fingerprint density at radius 2 is 1.48 bits per heavy atom. The summed E-state index contributed by atoms with van der Waals surface area (Å²) in [5, 5.41) is 5.67. The molecule has 1 atom stereocenters. The van der Waals surface area contributed by atoms with Crippen LogP contribution in [0.3, 0.4) is 0 Å². The van der Waals surface area contributed by atoms with E-state index >= 15 is 0 Å². The fourth-order valence-electron chi connectivity index (χ4n) is 2.85. The Labute approximate surface area is 175 Å². The summed E-state index contributed by atoms with van der Waals surface area (Å²) in [6.07, 6.45) is 0. The summed E-state index contributed by atoms with van der Waals surface area (Å²) in [4.78, 5) is 39.1. The van der Waals surface area contributed by atoms with Crippen molar-refractivity contribution < 1.29 is 14.4 Å². The lowest BCUT2D eigenvalue weighted by Gasteiger charge is -2.28. The Bertz CT molecular complexity index is 725. The van der Waals surface area contributed by atoms with Gasteiger partial charge in [0, 0.05) is 18.2 Å². The number of nitrogens with zero attached hydrogens (tertiary/aromatic N) is 1. The van der Waals surface area contributed by atoms with Gasteiger partial charge < -0.3 is 15.5 Å². The molecule has 1 aromatic rings. The summed E-state index contributed by atoms with van der Waals surface area (Å²) in [6.45, 7) is 15.7. The van der Waals surface area contributed by atoms with Crippen LogP contribution >= 0.6 is 0 Å². The average Bonchev–Trinajstić information content (AvgIpc) is 2.56. The summed E-state index contributed by atoms with van der Waals surface area (Å²) in [7, 11) is 1.57. The highest BCUT2D eigenvalue weighted by Crippen LogP contribution is 2.22. The van der Waals surface area contributed by atoms with Gasteiger partial charge in [0.15, 0.2) is 0 Å². The highest BCUT2D eigenvalue weighted by Gasteiger charge is 2.29. The molecule has 1 aromatic carbocycles. The smallest absolute Gasteiger partial charge is 0.251 e. The molecule has 0 radical (unpaired) electrons. The van der Waals surface area contributed by atoms with Gasteiger partial charge in [-0.1, -0.05) is 46.8 Å². The molecule has 3 amide bonds. The molecule has 0 saturated heterocycles. The number of benzene rings is 1. The molecule has 0 bridgehead atoms. The first-order valence-corrected chi connectivity index (χ1v) is 10.1. The second-order valence-corrected chi connectivity index (χ2v) is 10.0. The Balaban J connectivity index is 2.85. The summed E-state index contributed by atoms with van der Waals surface area (Å²) in [6, 6.07) is 6.71. The zero-order valence-corrected chi connectivity index (χ0v) is 19.3. The summed E-state index contributed by atoms with van der Waals surface area (Å²) in [5.74, 6) is -0.942. The van der Waals surface area contributed by atoms with Crippen molar-refractivity contribution in [3.8, 4) is 0 Å². The molecule has 0 fully saturated rings. The number of hydrogen-bond acceptors (Lipinski definition) is 3. The van der Waals surface area contributed by atoms with Crippen molar-refractivity contribution in [3.05, 3.63) is 35.4 Å². The highest BCUT2D eigenvalue weighted by molar-refractivity contribution is 5.98. The molecular weight excluding hydrogens is 366 g/mol. The van der Waals surface area contributed by atoms with Crippen LogP contribution in [-0.4, -0.2) is 47.8 Å². The van der Waals surface area contributed by atoms with Crippen molar-refractivity contribution in [1.29, 1.82) is 0 Å². The molecule has 29 heavy (non-hydrogen) atoms. The maximum atomic E-state index is 12.9. The first kappa shape index (κ1) is 24.7. The van der Waals surface area contributed by atoms with Crippen LogP contribution in [0.1, 0.15) is 71.3 Å². The molecule has 0 aliphatic carbocycles. The van der Waals surface area contributed by atoms with E-state index in [1.54, 1.807) is 19.2 Å². The third-order valence-electron chi connectivity index (χ3n) is 4.50. The van der Waals surface area contributed by atoms with Gasteiger partial charge in [-0.25, -0.2) is 0 Å². The van der Waals surface area contributed by atoms with Gasteiger partial charge in [0.05, 0.1) is 6.54 Å². The molecule has 0 aliphatic heterocycles. The number of rotatable bonds is 6. The van der Waals surface area contributed by atoms with Crippen LogP contribution in [0.15, 0.2) is 24.3 Å². The number of likely N-dealkylation sites (N-methyl/N-ethyl adjacent to an activating group) is 1. The first-order chi connectivity index (χ1) is 13.1. The standard InChI is InChI=1S/C23H37N3O3/c1-15(2)19(21(29)26(9)14-18(27)25-23(6,7)8)24-20(28)16-10-12-17(13-11-16)22(3,4)5/h10-13,15,19H,14H2,1-9H3,(H,24,28)(H,25,27)/t19-/m0/s1. The topological polar surface area (TPSA) is 78.5 Å². The molecule has 0 unspecified atom stereocenters. The van der Waals surface area contributed by atoms with Crippen LogP contribution in [0, 0.1) is 5.92 Å². The SMILES string of the molecule is CC(C)[C@H](NC(=O)c1ccc(C(C)(C)C)cc1)C(=O)N(C)CC(=O)NC(C)(C)C. The lowest BCUT2D eigenvalue weighted by atomic mass is 9.86. The normalized spacial score (nSPS) is 13.0. The zero-order chi connectivity index (χ0) is 22.6. The van der Waals surface area contributed by atoms with Crippen molar-refractivity contribution >= 4 is 17.7 Å². The Morgan fingerprint density at radius 3 is 1.90 bits per heavy atom. The third-order valence-corrected chi connectivity index (χ3v) is 4.50. The lowest BCUT2D eigenvalue weighted by Crippen LogP contribution is -2.53. The lowest BCUT2D eigenvalue weighted by molar-refractivity contribution is -0.137. The molecule has 6 heteroatoms. The van der Waals surface area contributed by atoms with Gasteiger partial charge >= 0.3 is 0 Å². The quantitative estimate of drug-likeness (QED) is 0.766. The predicted octanol–water partition coefficient (Wildman–Crippen LogP) is 3.11. The molecule has 2 N–H and O–H groups in total. The van der Waals surface area contributed by atoms with Gasteiger partial charge in [0.25, 0.3) is 5.91 Å². The first-order valence-electron chi connectivity index (χ1n) is 10.1. The molecule has 0 saturated carbocycles. The predicted molar refractivity (Wildman–Crippen MR) is 117 cm³/mol. The van der Waals surface area contributed by atoms with E-state index in [1.165, 1.54) is 4.90 Å². The van der Waals surface area contributed by atoms with Crippen molar-refractivity contribution in [2.24, 2.45) is 5.92 Å². The van der Waals surface area contributed by atoms with Gasteiger partial charge in [-0.15, -0.1) is 0 Å². The van der Waals surface area contributed by atoms with Gasteiger partial charge in [-0.3, -0.25) is 14.4 Å². The van der Waals surface area contributed by atoms with E-state index in [0.717, 1.165) is 5.56 Å². The van der Waals surface area contributed by atoms with E-state index in [-0.39, 0.29) is 41.1 Å².